The smallest absolute Gasteiger partial charge is 0.257 e. The number of benzene rings is 3. The van der Waals surface area contributed by atoms with Crippen molar-refractivity contribution >= 4 is 40.5 Å². The minimum absolute atomic E-state index is 0.0243. The van der Waals surface area contributed by atoms with Crippen molar-refractivity contribution in [1.82, 2.24) is 5.32 Å². The van der Waals surface area contributed by atoms with E-state index >= 15 is 0 Å². The summed E-state index contributed by atoms with van der Waals surface area (Å²) in [7, 11) is 0. The Balaban J connectivity index is 1.59. The predicted octanol–water partition coefficient (Wildman–Crippen LogP) is 5.67. The highest BCUT2D eigenvalue weighted by Gasteiger charge is 2.15. The van der Waals surface area contributed by atoms with Crippen molar-refractivity contribution in [2.24, 2.45) is 0 Å². The van der Waals surface area contributed by atoms with E-state index in [1.807, 2.05) is 43.3 Å². The summed E-state index contributed by atoms with van der Waals surface area (Å²) in [6.45, 7) is 8.27. The molecule has 0 fully saturated rings. The van der Waals surface area contributed by atoms with Crippen LogP contribution in [0.1, 0.15) is 52.6 Å². The van der Waals surface area contributed by atoms with E-state index in [-0.39, 0.29) is 22.3 Å². The van der Waals surface area contributed by atoms with Crippen LogP contribution in [0.2, 0.25) is 0 Å². The summed E-state index contributed by atoms with van der Waals surface area (Å²) in [6.07, 6.45) is 0. The third kappa shape index (κ3) is 6.02. The maximum Gasteiger partial charge on any atom is 0.257 e. The molecule has 0 aliphatic heterocycles. The highest BCUT2D eigenvalue weighted by molar-refractivity contribution is 7.80. The van der Waals surface area contributed by atoms with Crippen molar-refractivity contribution < 1.29 is 9.59 Å². The van der Waals surface area contributed by atoms with E-state index in [2.05, 4.69) is 36.7 Å². The zero-order chi connectivity index (χ0) is 23.3. The third-order valence-corrected chi connectivity index (χ3v) is 5.21. The van der Waals surface area contributed by atoms with Gasteiger partial charge in [0.1, 0.15) is 0 Å². The number of carbonyl (C=O) groups excluding carboxylic acids is 2. The van der Waals surface area contributed by atoms with Gasteiger partial charge in [0.15, 0.2) is 5.11 Å². The van der Waals surface area contributed by atoms with Crippen molar-refractivity contribution in [3.63, 3.8) is 0 Å². The molecule has 0 radical (unpaired) electrons. The van der Waals surface area contributed by atoms with Crippen molar-refractivity contribution in [1.29, 1.82) is 0 Å². The predicted molar refractivity (Wildman–Crippen MR) is 134 cm³/mol. The molecule has 32 heavy (non-hydrogen) atoms. The first-order valence-corrected chi connectivity index (χ1v) is 10.7. The Labute approximate surface area is 194 Å². The van der Waals surface area contributed by atoms with E-state index < -0.39 is 0 Å². The van der Waals surface area contributed by atoms with Crippen LogP contribution in [-0.4, -0.2) is 16.9 Å². The van der Waals surface area contributed by atoms with Crippen LogP contribution in [0.3, 0.4) is 0 Å². The molecule has 3 aromatic carbocycles. The number of carbonyl (C=O) groups is 2. The lowest BCUT2D eigenvalue weighted by molar-refractivity contribution is 0.0976. The van der Waals surface area contributed by atoms with Gasteiger partial charge >= 0.3 is 0 Å². The fraction of sp³-hybridized carbons (Fsp3) is 0.192. The van der Waals surface area contributed by atoms with Gasteiger partial charge in [-0.05, 0) is 78.1 Å². The molecule has 0 aliphatic carbocycles. The molecular formula is C26H27N3O2S. The highest BCUT2D eigenvalue weighted by Crippen LogP contribution is 2.22. The second-order valence-electron chi connectivity index (χ2n) is 8.59. The molecule has 0 atom stereocenters. The summed E-state index contributed by atoms with van der Waals surface area (Å²) in [4.78, 5) is 24.9. The molecule has 164 valence electrons. The maximum atomic E-state index is 12.5. The number of anilines is 2. The summed E-state index contributed by atoms with van der Waals surface area (Å²) >= 11 is 5.29. The van der Waals surface area contributed by atoms with Crippen LogP contribution in [-0.2, 0) is 5.41 Å². The Morgan fingerprint density at radius 2 is 1.41 bits per heavy atom. The monoisotopic (exact) mass is 445 g/mol. The van der Waals surface area contributed by atoms with Gasteiger partial charge in [0.2, 0.25) is 0 Å². The van der Waals surface area contributed by atoms with Gasteiger partial charge in [-0.1, -0.05) is 51.1 Å². The Morgan fingerprint density at radius 3 is 2.00 bits per heavy atom. The zero-order valence-corrected chi connectivity index (χ0v) is 19.5. The summed E-state index contributed by atoms with van der Waals surface area (Å²) in [5.41, 5.74) is 4.60. The van der Waals surface area contributed by atoms with Crippen LogP contribution < -0.4 is 16.0 Å². The van der Waals surface area contributed by atoms with E-state index in [1.54, 1.807) is 36.4 Å². The number of hydrogen-bond donors (Lipinski definition) is 3. The van der Waals surface area contributed by atoms with Crippen LogP contribution in [0.4, 0.5) is 11.4 Å². The van der Waals surface area contributed by atoms with E-state index in [1.165, 1.54) is 0 Å². The lowest BCUT2D eigenvalue weighted by Gasteiger charge is -2.19. The molecule has 3 N–H and O–H groups in total. The second-order valence-corrected chi connectivity index (χ2v) is 8.99. The average Bonchev–Trinajstić information content (AvgIpc) is 2.75. The fourth-order valence-electron chi connectivity index (χ4n) is 3.12. The molecule has 6 heteroatoms. The number of amides is 2. The molecule has 0 heterocycles. The Hall–Kier alpha value is -3.51. The number of hydrogen-bond acceptors (Lipinski definition) is 3. The highest BCUT2D eigenvalue weighted by atomic mass is 32.1. The molecule has 3 rings (SSSR count). The normalized spacial score (nSPS) is 10.9. The summed E-state index contributed by atoms with van der Waals surface area (Å²) in [6, 6.07) is 22.0. The molecule has 0 spiro atoms. The SMILES string of the molecule is Cc1cc(NC(=S)NC(=O)c2ccc(C(C)(C)C)cc2)ccc1NC(=O)c1ccccc1. The van der Waals surface area contributed by atoms with E-state index in [4.69, 9.17) is 12.2 Å². The lowest BCUT2D eigenvalue weighted by atomic mass is 9.87. The van der Waals surface area contributed by atoms with Gasteiger partial charge < -0.3 is 10.6 Å². The molecule has 2 amide bonds. The van der Waals surface area contributed by atoms with E-state index in [0.29, 0.717) is 22.5 Å². The van der Waals surface area contributed by atoms with Crippen LogP contribution >= 0.6 is 12.2 Å². The standard InChI is InChI=1S/C26H27N3O2S/c1-17-16-21(14-15-22(17)28-23(30)18-8-6-5-7-9-18)27-25(32)29-24(31)19-10-12-20(13-11-19)26(2,3)4/h5-16H,1-4H3,(H,28,30)(H2,27,29,31,32). The van der Waals surface area contributed by atoms with Gasteiger partial charge in [-0.2, -0.15) is 0 Å². The van der Waals surface area contributed by atoms with Crippen LogP contribution in [0, 0.1) is 6.92 Å². The Morgan fingerprint density at radius 1 is 0.781 bits per heavy atom. The molecule has 0 aliphatic rings. The van der Waals surface area contributed by atoms with Gasteiger partial charge in [0.05, 0.1) is 0 Å². The summed E-state index contributed by atoms with van der Waals surface area (Å²) in [5.74, 6) is -0.443. The van der Waals surface area contributed by atoms with Crippen molar-refractivity contribution in [3.8, 4) is 0 Å². The lowest BCUT2D eigenvalue weighted by Crippen LogP contribution is -2.34. The Bertz CT molecular complexity index is 1130. The second kappa shape index (κ2) is 9.75. The van der Waals surface area contributed by atoms with E-state index in [0.717, 1.165) is 11.1 Å². The van der Waals surface area contributed by atoms with Crippen LogP contribution in [0.25, 0.3) is 0 Å². The maximum absolute atomic E-state index is 12.5. The number of thiocarbonyl (C=S) groups is 1. The average molecular weight is 446 g/mol. The zero-order valence-electron chi connectivity index (χ0n) is 18.7. The number of rotatable bonds is 4. The minimum atomic E-state index is -0.272. The minimum Gasteiger partial charge on any atom is -0.332 e. The van der Waals surface area contributed by atoms with Crippen molar-refractivity contribution in [2.45, 2.75) is 33.1 Å². The number of nitrogens with one attached hydrogen (secondary N) is 3. The topological polar surface area (TPSA) is 70.2 Å². The molecule has 0 bridgehead atoms. The Kier molecular flexibility index (Phi) is 7.05. The van der Waals surface area contributed by atoms with E-state index in [9.17, 15) is 9.59 Å². The molecule has 0 unspecified atom stereocenters. The molecule has 5 nitrogen and oxygen atoms in total. The summed E-state index contributed by atoms with van der Waals surface area (Å²) < 4.78 is 0. The van der Waals surface area contributed by atoms with Gasteiger partial charge in [-0.25, -0.2) is 0 Å². The number of aryl methyl sites for hydroxylation is 1. The molecular weight excluding hydrogens is 418 g/mol. The van der Waals surface area contributed by atoms with Gasteiger partial charge in [-0.15, -0.1) is 0 Å². The van der Waals surface area contributed by atoms with Gasteiger partial charge in [-0.3, -0.25) is 14.9 Å². The third-order valence-electron chi connectivity index (χ3n) is 5.01. The quantitative estimate of drug-likeness (QED) is 0.453. The van der Waals surface area contributed by atoms with Crippen molar-refractivity contribution in [2.75, 3.05) is 10.6 Å². The van der Waals surface area contributed by atoms with Crippen LogP contribution in [0.5, 0.6) is 0 Å². The fourth-order valence-corrected chi connectivity index (χ4v) is 3.34. The molecule has 0 saturated heterocycles. The first kappa shape index (κ1) is 23.2. The van der Waals surface area contributed by atoms with Crippen molar-refractivity contribution in [3.05, 3.63) is 95.1 Å². The largest absolute Gasteiger partial charge is 0.332 e. The summed E-state index contributed by atoms with van der Waals surface area (Å²) in [5, 5.41) is 8.83. The van der Waals surface area contributed by atoms with Gasteiger partial charge in [0.25, 0.3) is 11.8 Å². The first-order valence-electron chi connectivity index (χ1n) is 10.3. The van der Waals surface area contributed by atoms with Gasteiger partial charge in [0, 0.05) is 22.5 Å². The molecule has 0 saturated carbocycles. The van der Waals surface area contributed by atoms with Crippen LogP contribution in [0.15, 0.2) is 72.8 Å². The molecule has 3 aromatic rings. The molecule has 0 aromatic heterocycles. The first-order chi connectivity index (χ1) is 15.1.